The van der Waals surface area contributed by atoms with Crippen molar-refractivity contribution >= 4 is 11.6 Å². The van der Waals surface area contributed by atoms with Crippen molar-refractivity contribution in [1.29, 1.82) is 0 Å². The summed E-state index contributed by atoms with van der Waals surface area (Å²) in [6.45, 7) is 1.21. The molecule has 92 valence electrons. The highest BCUT2D eigenvalue weighted by atomic mass is 16.5. The van der Waals surface area contributed by atoms with Gasteiger partial charge in [0.2, 0.25) is 0 Å². The molecule has 1 amide bonds. The van der Waals surface area contributed by atoms with E-state index in [1.807, 2.05) is 24.3 Å². The van der Waals surface area contributed by atoms with Gasteiger partial charge in [-0.2, -0.15) is 0 Å². The van der Waals surface area contributed by atoms with E-state index in [-0.39, 0.29) is 12.0 Å². The molecule has 1 aromatic rings. The lowest BCUT2D eigenvalue weighted by molar-refractivity contribution is -0.127. The lowest BCUT2D eigenvalue weighted by atomic mass is 10.1. The van der Waals surface area contributed by atoms with Crippen molar-refractivity contribution < 1.29 is 9.53 Å². The number of carbonyl (C=O) groups excluding carboxylic acids is 1. The van der Waals surface area contributed by atoms with Crippen molar-refractivity contribution in [2.75, 3.05) is 18.6 Å². The van der Waals surface area contributed by atoms with Gasteiger partial charge in [-0.15, -0.1) is 0 Å². The maximum Gasteiger partial charge on any atom is 0.255 e. The Kier molecular flexibility index (Phi) is 3.76. The van der Waals surface area contributed by atoms with E-state index in [0.29, 0.717) is 13.2 Å². The van der Waals surface area contributed by atoms with Crippen LogP contribution in [0.15, 0.2) is 24.3 Å². The smallest absolute Gasteiger partial charge is 0.255 e. The summed E-state index contributed by atoms with van der Waals surface area (Å²) in [7, 11) is 1.78. The second-order valence-corrected chi connectivity index (χ2v) is 4.27. The SMILES string of the molecule is CN(C(=O)C1CCCO1)c1ccc(CN)cc1. The number of ether oxygens (including phenoxy) is 1. The van der Waals surface area contributed by atoms with Gasteiger partial charge in [-0.3, -0.25) is 4.79 Å². The van der Waals surface area contributed by atoms with Crippen LogP contribution < -0.4 is 10.6 Å². The van der Waals surface area contributed by atoms with Gasteiger partial charge in [0.25, 0.3) is 5.91 Å². The van der Waals surface area contributed by atoms with Crippen molar-refractivity contribution in [3.05, 3.63) is 29.8 Å². The number of nitrogens with two attached hydrogens (primary N) is 1. The van der Waals surface area contributed by atoms with Crippen LogP contribution in [0.3, 0.4) is 0 Å². The summed E-state index contributed by atoms with van der Waals surface area (Å²) in [6.07, 6.45) is 1.52. The van der Waals surface area contributed by atoms with Gasteiger partial charge < -0.3 is 15.4 Å². The van der Waals surface area contributed by atoms with E-state index in [9.17, 15) is 4.79 Å². The Morgan fingerprint density at radius 2 is 2.18 bits per heavy atom. The summed E-state index contributed by atoms with van der Waals surface area (Å²) in [4.78, 5) is 13.7. The molecular formula is C13H18N2O2. The van der Waals surface area contributed by atoms with Gasteiger partial charge in [-0.1, -0.05) is 12.1 Å². The quantitative estimate of drug-likeness (QED) is 0.857. The summed E-state index contributed by atoms with van der Waals surface area (Å²) in [5.74, 6) is 0.0306. The molecule has 1 aliphatic heterocycles. The molecule has 2 rings (SSSR count). The molecular weight excluding hydrogens is 216 g/mol. The molecule has 1 unspecified atom stereocenters. The zero-order valence-corrected chi connectivity index (χ0v) is 10.1. The summed E-state index contributed by atoms with van der Waals surface area (Å²) in [6, 6.07) is 7.70. The van der Waals surface area contributed by atoms with Crippen LogP contribution in [0.2, 0.25) is 0 Å². The van der Waals surface area contributed by atoms with E-state index >= 15 is 0 Å². The largest absolute Gasteiger partial charge is 0.368 e. The third-order valence-corrected chi connectivity index (χ3v) is 3.10. The van der Waals surface area contributed by atoms with Crippen molar-refractivity contribution in [2.24, 2.45) is 5.73 Å². The molecule has 1 heterocycles. The minimum Gasteiger partial charge on any atom is -0.368 e. The Labute approximate surface area is 101 Å². The van der Waals surface area contributed by atoms with Crippen molar-refractivity contribution in [1.82, 2.24) is 0 Å². The molecule has 0 saturated carbocycles. The van der Waals surface area contributed by atoms with Crippen molar-refractivity contribution in [3.8, 4) is 0 Å². The van der Waals surface area contributed by atoms with E-state index in [1.54, 1.807) is 11.9 Å². The van der Waals surface area contributed by atoms with Crippen molar-refractivity contribution in [3.63, 3.8) is 0 Å². The van der Waals surface area contributed by atoms with E-state index in [4.69, 9.17) is 10.5 Å². The molecule has 4 nitrogen and oxygen atoms in total. The first-order valence-corrected chi connectivity index (χ1v) is 5.90. The average Bonchev–Trinajstić information content (AvgIpc) is 2.91. The molecule has 0 spiro atoms. The van der Waals surface area contributed by atoms with Gasteiger partial charge in [-0.25, -0.2) is 0 Å². The van der Waals surface area contributed by atoms with Crippen LogP contribution in [0.5, 0.6) is 0 Å². The number of carbonyl (C=O) groups is 1. The highest BCUT2D eigenvalue weighted by molar-refractivity contribution is 5.96. The zero-order chi connectivity index (χ0) is 12.3. The molecule has 1 atom stereocenters. The molecule has 0 radical (unpaired) electrons. The highest BCUT2D eigenvalue weighted by Crippen LogP contribution is 2.19. The summed E-state index contributed by atoms with van der Waals surface area (Å²) in [5, 5.41) is 0. The van der Waals surface area contributed by atoms with Crippen LogP contribution in [0.4, 0.5) is 5.69 Å². The fourth-order valence-corrected chi connectivity index (χ4v) is 1.97. The minimum absolute atomic E-state index is 0.0306. The van der Waals surface area contributed by atoms with Crippen LogP contribution in [-0.2, 0) is 16.1 Å². The third kappa shape index (κ3) is 2.65. The predicted octanol–water partition coefficient (Wildman–Crippen LogP) is 1.29. The van der Waals surface area contributed by atoms with Gasteiger partial charge in [0.05, 0.1) is 0 Å². The number of benzene rings is 1. The molecule has 1 saturated heterocycles. The molecule has 1 fully saturated rings. The summed E-state index contributed by atoms with van der Waals surface area (Å²) < 4.78 is 5.39. The number of hydrogen-bond acceptors (Lipinski definition) is 3. The van der Waals surface area contributed by atoms with E-state index in [0.717, 1.165) is 24.1 Å². The first kappa shape index (κ1) is 12.1. The lowest BCUT2D eigenvalue weighted by Crippen LogP contribution is -2.35. The first-order chi connectivity index (χ1) is 8.22. The fourth-order valence-electron chi connectivity index (χ4n) is 1.97. The standard InChI is InChI=1S/C13H18N2O2/c1-15(13(16)12-3-2-8-17-12)11-6-4-10(9-14)5-7-11/h4-7,12H,2-3,8-9,14H2,1H3. The van der Waals surface area contributed by atoms with E-state index in [2.05, 4.69) is 0 Å². The lowest BCUT2D eigenvalue weighted by Gasteiger charge is -2.20. The van der Waals surface area contributed by atoms with Gasteiger partial charge in [0.15, 0.2) is 0 Å². The Hall–Kier alpha value is -1.39. The molecule has 0 bridgehead atoms. The Morgan fingerprint density at radius 3 is 2.71 bits per heavy atom. The summed E-state index contributed by atoms with van der Waals surface area (Å²) in [5.41, 5.74) is 7.47. The van der Waals surface area contributed by atoms with Crippen LogP contribution in [-0.4, -0.2) is 25.7 Å². The van der Waals surface area contributed by atoms with Crippen LogP contribution in [0.25, 0.3) is 0 Å². The molecule has 4 heteroatoms. The maximum atomic E-state index is 12.1. The Balaban J connectivity index is 2.07. The minimum atomic E-state index is -0.269. The average molecular weight is 234 g/mol. The Morgan fingerprint density at radius 1 is 1.47 bits per heavy atom. The van der Waals surface area contributed by atoms with Crippen LogP contribution in [0.1, 0.15) is 18.4 Å². The number of amides is 1. The number of anilines is 1. The predicted molar refractivity (Wildman–Crippen MR) is 66.7 cm³/mol. The fraction of sp³-hybridized carbons (Fsp3) is 0.462. The van der Waals surface area contributed by atoms with Gasteiger partial charge in [-0.05, 0) is 30.5 Å². The first-order valence-electron chi connectivity index (χ1n) is 5.90. The number of rotatable bonds is 3. The second kappa shape index (κ2) is 5.29. The number of likely N-dealkylation sites (N-methyl/N-ethyl adjacent to an activating group) is 1. The maximum absolute atomic E-state index is 12.1. The molecule has 17 heavy (non-hydrogen) atoms. The number of nitrogens with zero attached hydrogens (tertiary/aromatic N) is 1. The van der Waals surface area contributed by atoms with Crippen LogP contribution >= 0.6 is 0 Å². The topological polar surface area (TPSA) is 55.6 Å². The normalized spacial score (nSPS) is 19.3. The van der Waals surface area contributed by atoms with Gasteiger partial charge >= 0.3 is 0 Å². The molecule has 0 aromatic heterocycles. The van der Waals surface area contributed by atoms with Gasteiger partial charge in [0.1, 0.15) is 6.10 Å². The second-order valence-electron chi connectivity index (χ2n) is 4.27. The zero-order valence-electron chi connectivity index (χ0n) is 10.1. The molecule has 2 N–H and O–H groups in total. The van der Waals surface area contributed by atoms with Gasteiger partial charge in [0, 0.05) is 25.9 Å². The highest BCUT2D eigenvalue weighted by Gasteiger charge is 2.26. The van der Waals surface area contributed by atoms with Crippen molar-refractivity contribution in [2.45, 2.75) is 25.5 Å². The van der Waals surface area contributed by atoms with E-state index in [1.165, 1.54) is 0 Å². The third-order valence-electron chi connectivity index (χ3n) is 3.10. The Bertz CT molecular complexity index is 383. The van der Waals surface area contributed by atoms with E-state index < -0.39 is 0 Å². The molecule has 1 aromatic carbocycles. The molecule has 0 aliphatic carbocycles. The molecule has 1 aliphatic rings. The van der Waals surface area contributed by atoms with Crippen LogP contribution in [0, 0.1) is 0 Å². The monoisotopic (exact) mass is 234 g/mol. The number of hydrogen-bond donors (Lipinski definition) is 1. The summed E-state index contributed by atoms with van der Waals surface area (Å²) >= 11 is 0.